The Balaban J connectivity index is 2.02. The molecule has 0 saturated heterocycles. The molecule has 0 radical (unpaired) electrons. The molecule has 4 nitrogen and oxygen atoms in total. The number of carbonyl (C=O) groups is 1. The number of rotatable bonds is 18. The van der Waals surface area contributed by atoms with E-state index in [0.717, 1.165) is 12.8 Å². The molecule has 0 unspecified atom stereocenters. The average molecular weight is 469 g/mol. The molecule has 1 rings (SSSR count). The third kappa shape index (κ3) is 10.7. The summed E-state index contributed by atoms with van der Waals surface area (Å²) in [7, 11) is 0. The summed E-state index contributed by atoms with van der Waals surface area (Å²) < 4.78 is 80.8. The monoisotopic (exact) mass is 468 g/mol. The highest BCUT2D eigenvalue weighted by Crippen LogP contribution is 2.29. The smallest absolute Gasteiger partial charge is 0.313 e. The summed E-state index contributed by atoms with van der Waals surface area (Å²) in [5.74, 6) is -13.9. The molecule has 0 spiro atoms. The third-order valence-electron chi connectivity index (χ3n) is 4.85. The highest BCUT2D eigenvalue weighted by molar-refractivity contribution is 5.72. The van der Waals surface area contributed by atoms with Crippen molar-refractivity contribution in [3.63, 3.8) is 0 Å². The number of halogens is 5. The molecule has 0 atom stereocenters. The van der Waals surface area contributed by atoms with Gasteiger partial charge in [-0.2, -0.15) is 8.78 Å². The van der Waals surface area contributed by atoms with Crippen molar-refractivity contribution in [1.29, 1.82) is 0 Å². The summed E-state index contributed by atoms with van der Waals surface area (Å²) in [5.41, 5.74) is 0. The van der Waals surface area contributed by atoms with Gasteiger partial charge in [-0.1, -0.05) is 64.7 Å². The highest BCUT2D eigenvalue weighted by Gasteiger charge is 2.28. The molecule has 0 aliphatic heterocycles. The normalized spacial score (nSPS) is 11.2. The number of carbonyl (C=O) groups excluding carboxylic acids is 1. The maximum Gasteiger partial charge on any atom is 0.313 e. The molecule has 1 aromatic rings. The first-order valence-electron chi connectivity index (χ1n) is 11.3. The second kappa shape index (κ2) is 16.8. The van der Waals surface area contributed by atoms with E-state index in [1.165, 1.54) is 51.4 Å². The number of hydrogen-bond donors (Lipinski definition) is 0. The zero-order chi connectivity index (χ0) is 23.8. The Morgan fingerprint density at radius 1 is 0.594 bits per heavy atom. The van der Waals surface area contributed by atoms with E-state index in [0.29, 0.717) is 13.2 Å². The van der Waals surface area contributed by atoms with Crippen LogP contribution in [0, 0.1) is 29.1 Å². The SMILES string of the molecule is CCCCCCCCCCCCOCCOCCC(=O)Oc1c(F)c(F)c(F)c(F)c1F. The van der Waals surface area contributed by atoms with E-state index in [1.54, 1.807) is 0 Å². The van der Waals surface area contributed by atoms with Crippen LogP contribution >= 0.6 is 0 Å². The fourth-order valence-electron chi connectivity index (χ4n) is 3.01. The van der Waals surface area contributed by atoms with Crippen molar-refractivity contribution in [3.05, 3.63) is 29.1 Å². The van der Waals surface area contributed by atoms with Crippen LogP contribution in [-0.2, 0) is 14.3 Å². The lowest BCUT2D eigenvalue weighted by Crippen LogP contribution is -2.16. The lowest BCUT2D eigenvalue weighted by molar-refractivity contribution is -0.136. The van der Waals surface area contributed by atoms with Crippen LogP contribution in [0.25, 0.3) is 0 Å². The Hall–Kier alpha value is -1.74. The summed E-state index contributed by atoms with van der Waals surface area (Å²) in [6.45, 7) is 3.21. The minimum absolute atomic E-state index is 0.143. The first-order chi connectivity index (χ1) is 15.4. The molecular weight excluding hydrogens is 435 g/mol. The topological polar surface area (TPSA) is 44.8 Å². The van der Waals surface area contributed by atoms with Gasteiger partial charge in [-0.05, 0) is 6.42 Å². The van der Waals surface area contributed by atoms with E-state index >= 15 is 0 Å². The van der Waals surface area contributed by atoms with Gasteiger partial charge in [0.2, 0.25) is 34.8 Å². The van der Waals surface area contributed by atoms with Gasteiger partial charge < -0.3 is 14.2 Å². The number of ether oxygens (including phenoxy) is 3. The summed E-state index contributed by atoms with van der Waals surface area (Å²) >= 11 is 0. The summed E-state index contributed by atoms with van der Waals surface area (Å²) in [5, 5.41) is 0. The van der Waals surface area contributed by atoms with Crippen LogP contribution in [0.4, 0.5) is 22.0 Å². The molecule has 184 valence electrons. The van der Waals surface area contributed by atoms with Crippen LogP contribution in [0.5, 0.6) is 5.75 Å². The van der Waals surface area contributed by atoms with Crippen molar-refractivity contribution in [2.75, 3.05) is 26.4 Å². The van der Waals surface area contributed by atoms with Crippen molar-refractivity contribution in [2.24, 2.45) is 0 Å². The average Bonchev–Trinajstić information content (AvgIpc) is 2.79. The van der Waals surface area contributed by atoms with Gasteiger partial charge in [0.15, 0.2) is 0 Å². The van der Waals surface area contributed by atoms with Gasteiger partial charge in [-0.3, -0.25) is 4.79 Å². The van der Waals surface area contributed by atoms with Crippen LogP contribution in [-0.4, -0.2) is 32.4 Å². The van der Waals surface area contributed by atoms with Crippen LogP contribution in [0.3, 0.4) is 0 Å². The van der Waals surface area contributed by atoms with Crippen LogP contribution in [0.1, 0.15) is 77.6 Å². The van der Waals surface area contributed by atoms with Crippen molar-refractivity contribution >= 4 is 5.97 Å². The minimum atomic E-state index is -2.32. The Kier molecular flexibility index (Phi) is 14.9. The van der Waals surface area contributed by atoms with Crippen molar-refractivity contribution in [3.8, 4) is 5.75 Å². The molecule has 0 amide bonds. The molecule has 0 bridgehead atoms. The predicted molar refractivity (Wildman–Crippen MR) is 110 cm³/mol. The molecule has 32 heavy (non-hydrogen) atoms. The van der Waals surface area contributed by atoms with Crippen LogP contribution in [0.15, 0.2) is 0 Å². The van der Waals surface area contributed by atoms with Gasteiger partial charge in [0, 0.05) is 6.61 Å². The molecule has 9 heteroatoms. The minimum Gasteiger partial charge on any atom is -0.420 e. The number of benzene rings is 1. The lowest BCUT2D eigenvalue weighted by atomic mass is 10.1. The Morgan fingerprint density at radius 3 is 1.56 bits per heavy atom. The fraction of sp³-hybridized carbons (Fsp3) is 0.696. The lowest BCUT2D eigenvalue weighted by Gasteiger charge is -2.09. The maximum absolute atomic E-state index is 13.5. The molecule has 0 fully saturated rings. The summed E-state index contributed by atoms with van der Waals surface area (Å²) in [6, 6.07) is 0. The quantitative estimate of drug-likeness (QED) is 0.0606. The molecule has 0 heterocycles. The standard InChI is InChI=1S/C23H33F5O4/c1-2-3-4-5-6-7-8-9-10-11-13-30-15-16-31-14-12-17(29)32-23-21(27)19(25)18(24)20(26)22(23)28/h2-16H2,1H3. The Bertz CT molecular complexity index is 656. The Morgan fingerprint density at radius 2 is 1.03 bits per heavy atom. The largest absolute Gasteiger partial charge is 0.420 e. The fourth-order valence-corrected chi connectivity index (χ4v) is 3.01. The molecule has 0 N–H and O–H groups in total. The summed E-state index contributed by atoms with van der Waals surface area (Å²) in [6.07, 6.45) is 11.9. The van der Waals surface area contributed by atoms with Crippen molar-refractivity contribution < 1.29 is 41.0 Å². The number of unbranched alkanes of at least 4 members (excludes halogenated alkanes) is 9. The van der Waals surface area contributed by atoms with E-state index in [1.807, 2.05) is 0 Å². The second-order valence-electron chi connectivity index (χ2n) is 7.53. The van der Waals surface area contributed by atoms with Gasteiger partial charge in [0.05, 0.1) is 26.2 Å². The molecule has 1 aromatic carbocycles. The van der Waals surface area contributed by atoms with Crippen LogP contribution < -0.4 is 4.74 Å². The molecular formula is C23H33F5O4. The van der Waals surface area contributed by atoms with E-state index in [2.05, 4.69) is 11.7 Å². The molecule has 0 saturated carbocycles. The van der Waals surface area contributed by atoms with Gasteiger partial charge in [-0.15, -0.1) is 0 Å². The molecule has 0 aromatic heterocycles. The number of hydrogen-bond acceptors (Lipinski definition) is 4. The van der Waals surface area contributed by atoms with Crippen molar-refractivity contribution in [1.82, 2.24) is 0 Å². The first-order valence-corrected chi connectivity index (χ1v) is 11.3. The van der Waals surface area contributed by atoms with Gasteiger partial charge in [-0.25, -0.2) is 13.2 Å². The van der Waals surface area contributed by atoms with E-state index in [-0.39, 0.29) is 13.2 Å². The predicted octanol–water partition coefficient (Wildman–Crippen LogP) is 6.63. The van der Waals surface area contributed by atoms with E-state index < -0.39 is 47.2 Å². The maximum atomic E-state index is 13.5. The summed E-state index contributed by atoms with van der Waals surface area (Å²) in [4.78, 5) is 11.6. The zero-order valence-electron chi connectivity index (χ0n) is 18.6. The van der Waals surface area contributed by atoms with Gasteiger partial charge >= 0.3 is 5.97 Å². The second-order valence-corrected chi connectivity index (χ2v) is 7.53. The Labute approximate surface area is 186 Å². The molecule has 0 aliphatic rings. The van der Waals surface area contributed by atoms with Gasteiger partial charge in [0.1, 0.15) is 0 Å². The van der Waals surface area contributed by atoms with Gasteiger partial charge in [0.25, 0.3) is 0 Å². The highest BCUT2D eigenvalue weighted by atomic mass is 19.2. The van der Waals surface area contributed by atoms with Crippen molar-refractivity contribution in [2.45, 2.75) is 77.6 Å². The molecule has 0 aliphatic carbocycles. The van der Waals surface area contributed by atoms with E-state index in [9.17, 15) is 26.7 Å². The zero-order valence-corrected chi connectivity index (χ0v) is 18.6. The van der Waals surface area contributed by atoms with E-state index in [4.69, 9.17) is 9.47 Å². The first kappa shape index (κ1) is 28.3. The van der Waals surface area contributed by atoms with Crippen LogP contribution in [0.2, 0.25) is 0 Å². The third-order valence-corrected chi connectivity index (χ3v) is 4.85. The number of esters is 1.